The second kappa shape index (κ2) is 6.42. The molecule has 2 aliphatic rings. The Morgan fingerprint density at radius 3 is 2.60 bits per heavy atom. The summed E-state index contributed by atoms with van der Waals surface area (Å²) in [4.78, 5) is 15.9. The SMILES string of the molecule is CN1C2CCC1CC(N(C(=O)O)c1cccc(F)c1-c1ccsc1)C2. The third-order valence-corrected chi connectivity index (χ3v) is 6.39. The summed E-state index contributed by atoms with van der Waals surface area (Å²) in [7, 11) is 2.13. The summed E-state index contributed by atoms with van der Waals surface area (Å²) >= 11 is 1.48. The molecule has 1 aromatic carbocycles. The maximum absolute atomic E-state index is 14.6. The van der Waals surface area contributed by atoms with E-state index in [0.29, 0.717) is 23.3 Å². The summed E-state index contributed by atoms with van der Waals surface area (Å²) < 4.78 is 14.6. The molecule has 3 heterocycles. The zero-order chi connectivity index (χ0) is 17.6. The van der Waals surface area contributed by atoms with Crippen LogP contribution in [0.4, 0.5) is 14.9 Å². The van der Waals surface area contributed by atoms with Crippen LogP contribution < -0.4 is 4.90 Å². The Balaban J connectivity index is 1.76. The molecule has 1 aromatic heterocycles. The molecule has 0 radical (unpaired) electrons. The number of benzene rings is 1. The normalized spacial score (nSPS) is 25.9. The summed E-state index contributed by atoms with van der Waals surface area (Å²) in [6, 6.07) is 7.29. The Kier molecular flexibility index (Phi) is 4.25. The van der Waals surface area contributed by atoms with Crippen LogP contribution in [0.15, 0.2) is 35.0 Å². The van der Waals surface area contributed by atoms with E-state index in [4.69, 9.17) is 0 Å². The monoisotopic (exact) mass is 360 g/mol. The summed E-state index contributed by atoms with van der Waals surface area (Å²) in [5.41, 5.74) is 1.58. The number of fused-ring (bicyclic) bond motifs is 2. The second-order valence-corrected chi connectivity index (χ2v) is 7.75. The number of halogens is 1. The highest BCUT2D eigenvalue weighted by Crippen LogP contribution is 2.41. The van der Waals surface area contributed by atoms with Crippen LogP contribution in [0, 0.1) is 5.82 Å². The number of rotatable bonds is 3. The van der Waals surface area contributed by atoms with Crippen molar-refractivity contribution in [3.05, 3.63) is 40.8 Å². The van der Waals surface area contributed by atoms with Gasteiger partial charge in [-0.3, -0.25) is 4.90 Å². The summed E-state index contributed by atoms with van der Waals surface area (Å²) in [6.07, 6.45) is 2.84. The lowest BCUT2D eigenvalue weighted by Gasteiger charge is -2.41. The standard InChI is InChI=1S/C19H21FN2O2S/c1-21-13-5-6-14(21)10-15(9-13)22(19(23)24)17-4-2-3-16(20)18(17)12-7-8-25-11-12/h2-4,7-8,11,13-15H,5-6,9-10H2,1H3,(H,23,24). The Bertz CT molecular complexity index is 766. The van der Waals surface area contributed by atoms with E-state index in [1.807, 2.05) is 16.8 Å². The topological polar surface area (TPSA) is 43.8 Å². The van der Waals surface area contributed by atoms with Crippen LogP contribution in [0.2, 0.25) is 0 Å². The molecule has 6 heteroatoms. The number of hydrogen-bond donors (Lipinski definition) is 1. The van der Waals surface area contributed by atoms with Crippen LogP contribution in [0.25, 0.3) is 11.1 Å². The number of thiophene rings is 1. The lowest BCUT2D eigenvalue weighted by Crippen LogP contribution is -2.51. The third kappa shape index (κ3) is 2.83. The number of carbonyl (C=O) groups is 1. The van der Waals surface area contributed by atoms with E-state index >= 15 is 0 Å². The van der Waals surface area contributed by atoms with Crippen molar-refractivity contribution in [3.63, 3.8) is 0 Å². The first-order valence-corrected chi connectivity index (χ1v) is 9.55. The number of piperidine rings is 1. The number of anilines is 1. The largest absolute Gasteiger partial charge is 0.465 e. The van der Waals surface area contributed by atoms with Crippen molar-refractivity contribution in [3.8, 4) is 11.1 Å². The Morgan fingerprint density at radius 1 is 1.28 bits per heavy atom. The van der Waals surface area contributed by atoms with Gasteiger partial charge in [0.05, 0.1) is 5.69 Å². The lowest BCUT2D eigenvalue weighted by atomic mass is 9.95. The van der Waals surface area contributed by atoms with Gasteiger partial charge < -0.3 is 10.0 Å². The minimum atomic E-state index is -1.00. The van der Waals surface area contributed by atoms with Crippen molar-refractivity contribution in [1.29, 1.82) is 0 Å². The molecule has 2 saturated heterocycles. The maximum Gasteiger partial charge on any atom is 0.412 e. The molecule has 0 spiro atoms. The molecule has 4 nitrogen and oxygen atoms in total. The van der Waals surface area contributed by atoms with E-state index in [1.165, 1.54) is 22.3 Å². The summed E-state index contributed by atoms with van der Waals surface area (Å²) in [5, 5.41) is 13.7. The minimum Gasteiger partial charge on any atom is -0.465 e. The molecule has 132 valence electrons. The van der Waals surface area contributed by atoms with Gasteiger partial charge in [-0.05, 0) is 67.3 Å². The average molecular weight is 360 g/mol. The van der Waals surface area contributed by atoms with E-state index in [9.17, 15) is 14.3 Å². The molecule has 2 aromatic rings. The lowest BCUT2D eigenvalue weighted by molar-refractivity contribution is 0.151. The van der Waals surface area contributed by atoms with Crippen LogP contribution in [-0.4, -0.2) is 41.3 Å². The first-order valence-electron chi connectivity index (χ1n) is 8.61. The zero-order valence-corrected chi connectivity index (χ0v) is 14.9. The minimum absolute atomic E-state index is 0.106. The molecule has 2 atom stereocenters. The molecule has 0 saturated carbocycles. The summed E-state index contributed by atoms with van der Waals surface area (Å²) in [6.45, 7) is 0. The van der Waals surface area contributed by atoms with Crippen molar-refractivity contribution >= 4 is 23.1 Å². The molecular formula is C19H21FN2O2S. The Morgan fingerprint density at radius 2 is 2.00 bits per heavy atom. The van der Waals surface area contributed by atoms with Crippen molar-refractivity contribution < 1.29 is 14.3 Å². The van der Waals surface area contributed by atoms with Gasteiger partial charge in [0, 0.05) is 23.7 Å². The second-order valence-electron chi connectivity index (χ2n) is 6.97. The molecule has 0 aliphatic carbocycles. The van der Waals surface area contributed by atoms with Crippen LogP contribution in [-0.2, 0) is 0 Å². The molecule has 2 fully saturated rings. The molecular weight excluding hydrogens is 339 g/mol. The van der Waals surface area contributed by atoms with Crippen LogP contribution >= 0.6 is 11.3 Å². The fourth-order valence-electron chi connectivity index (χ4n) is 4.46. The first-order chi connectivity index (χ1) is 12.1. The van der Waals surface area contributed by atoms with E-state index in [-0.39, 0.29) is 11.9 Å². The predicted octanol–water partition coefficient (Wildman–Crippen LogP) is 4.66. The Labute approximate surface area is 150 Å². The Hall–Kier alpha value is -1.92. The van der Waals surface area contributed by atoms with E-state index in [1.54, 1.807) is 12.1 Å². The van der Waals surface area contributed by atoms with Gasteiger partial charge in [-0.15, -0.1) is 0 Å². The smallest absolute Gasteiger partial charge is 0.412 e. The summed E-state index contributed by atoms with van der Waals surface area (Å²) in [5.74, 6) is -0.377. The highest BCUT2D eigenvalue weighted by Gasteiger charge is 2.42. The molecule has 2 bridgehead atoms. The highest BCUT2D eigenvalue weighted by molar-refractivity contribution is 7.08. The van der Waals surface area contributed by atoms with Crippen molar-refractivity contribution in [2.45, 2.75) is 43.8 Å². The molecule has 2 unspecified atom stereocenters. The highest BCUT2D eigenvalue weighted by atomic mass is 32.1. The predicted molar refractivity (Wildman–Crippen MR) is 97.8 cm³/mol. The zero-order valence-electron chi connectivity index (χ0n) is 14.1. The first kappa shape index (κ1) is 16.5. The molecule has 2 aliphatic heterocycles. The van der Waals surface area contributed by atoms with Gasteiger partial charge in [-0.25, -0.2) is 9.18 Å². The van der Waals surface area contributed by atoms with Gasteiger partial charge in [0.15, 0.2) is 0 Å². The van der Waals surface area contributed by atoms with Crippen molar-refractivity contribution in [1.82, 2.24) is 4.90 Å². The molecule has 25 heavy (non-hydrogen) atoms. The van der Waals surface area contributed by atoms with Crippen LogP contribution in [0.5, 0.6) is 0 Å². The fourth-order valence-corrected chi connectivity index (χ4v) is 5.10. The van der Waals surface area contributed by atoms with Crippen molar-refractivity contribution in [2.24, 2.45) is 0 Å². The number of hydrogen-bond acceptors (Lipinski definition) is 3. The van der Waals surface area contributed by atoms with Crippen molar-refractivity contribution in [2.75, 3.05) is 11.9 Å². The van der Waals surface area contributed by atoms with E-state index in [2.05, 4.69) is 11.9 Å². The third-order valence-electron chi connectivity index (χ3n) is 5.71. The number of nitrogens with zero attached hydrogens (tertiary/aromatic N) is 2. The molecule has 1 amide bonds. The average Bonchev–Trinajstić information content (AvgIpc) is 3.14. The number of amides is 1. The molecule has 1 N–H and O–H groups in total. The van der Waals surface area contributed by atoms with Gasteiger partial charge in [0.2, 0.25) is 0 Å². The fraction of sp³-hybridized carbons (Fsp3) is 0.421. The quantitative estimate of drug-likeness (QED) is 0.865. The van der Waals surface area contributed by atoms with Gasteiger partial charge in [0.1, 0.15) is 5.82 Å². The molecule has 4 rings (SSSR count). The van der Waals surface area contributed by atoms with Gasteiger partial charge >= 0.3 is 6.09 Å². The van der Waals surface area contributed by atoms with Crippen LogP contribution in [0.1, 0.15) is 25.7 Å². The van der Waals surface area contributed by atoms with Gasteiger partial charge in [0.25, 0.3) is 0 Å². The number of carboxylic acid groups (broad SMARTS) is 1. The van der Waals surface area contributed by atoms with Gasteiger partial charge in [-0.2, -0.15) is 11.3 Å². The van der Waals surface area contributed by atoms with E-state index in [0.717, 1.165) is 31.2 Å². The van der Waals surface area contributed by atoms with Crippen LogP contribution in [0.3, 0.4) is 0 Å². The van der Waals surface area contributed by atoms with E-state index < -0.39 is 6.09 Å². The van der Waals surface area contributed by atoms with Gasteiger partial charge in [-0.1, -0.05) is 6.07 Å². The maximum atomic E-state index is 14.6.